The molecule has 14 heavy (non-hydrogen) atoms. The number of allylic oxidation sites excluding steroid dienone is 1. The van der Waals surface area contributed by atoms with Crippen molar-refractivity contribution in [2.24, 2.45) is 0 Å². The first-order chi connectivity index (χ1) is 6.49. The largest absolute Gasteiger partial charge is 0.387 e. The third-order valence-electron chi connectivity index (χ3n) is 2.76. The molecule has 4 atom stereocenters. The molecule has 2 rings (SSSR count). The van der Waals surface area contributed by atoms with Gasteiger partial charge in [-0.1, -0.05) is 12.2 Å². The molecule has 0 aliphatic carbocycles. The van der Waals surface area contributed by atoms with Crippen molar-refractivity contribution in [3.05, 3.63) is 12.2 Å². The minimum Gasteiger partial charge on any atom is -0.387 e. The van der Waals surface area contributed by atoms with Gasteiger partial charge in [-0.25, -0.2) is 0 Å². The first kappa shape index (κ1) is 10.1. The molecule has 2 fully saturated rings. The summed E-state index contributed by atoms with van der Waals surface area (Å²) >= 11 is 0. The third kappa shape index (κ3) is 1.59. The van der Waals surface area contributed by atoms with Crippen LogP contribution in [0.1, 0.15) is 20.3 Å². The van der Waals surface area contributed by atoms with Crippen LogP contribution in [0.3, 0.4) is 0 Å². The molecule has 2 aliphatic heterocycles. The van der Waals surface area contributed by atoms with Gasteiger partial charge in [0, 0.05) is 6.42 Å². The highest BCUT2D eigenvalue weighted by Crippen LogP contribution is 2.45. The van der Waals surface area contributed by atoms with Crippen molar-refractivity contribution in [1.82, 2.24) is 0 Å². The zero-order chi connectivity index (χ0) is 10.4. The lowest BCUT2D eigenvalue weighted by molar-refractivity contribution is -0.272. The highest BCUT2D eigenvalue weighted by Gasteiger charge is 2.61. The molecule has 2 aliphatic rings. The van der Waals surface area contributed by atoms with Crippen LogP contribution in [0.4, 0.5) is 0 Å². The fraction of sp³-hybridized carbons (Fsp3) is 0.800. The van der Waals surface area contributed by atoms with E-state index in [4.69, 9.17) is 9.47 Å². The standard InChI is InChI=1S/C10H16O4/c1-3-4-7-8(11)10(6-13-10)5-9(2,12)14-7/h3-4,7-8,11-12H,5-6H2,1-2H3/b4-3+/t7-,8-,9+,10-/m1/s1. The quantitative estimate of drug-likeness (QED) is 0.468. The number of aliphatic hydroxyl groups excluding tert-OH is 1. The van der Waals surface area contributed by atoms with Gasteiger partial charge >= 0.3 is 0 Å². The van der Waals surface area contributed by atoms with Crippen molar-refractivity contribution in [2.45, 2.75) is 43.9 Å². The fourth-order valence-electron chi connectivity index (χ4n) is 2.06. The molecule has 0 aromatic carbocycles. The Morgan fingerprint density at radius 1 is 1.50 bits per heavy atom. The van der Waals surface area contributed by atoms with Crippen molar-refractivity contribution in [1.29, 1.82) is 0 Å². The summed E-state index contributed by atoms with van der Waals surface area (Å²) in [5.74, 6) is -1.21. The molecule has 1 spiro atoms. The summed E-state index contributed by atoms with van der Waals surface area (Å²) in [6.07, 6.45) is 2.70. The summed E-state index contributed by atoms with van der Waals surface area (Å²) < 4.78 is 10.6. The van der Waals surface area contributed by atoms with Gasteiger partial charge < -0.3 is 19.7 Å². The van der Waals surface area contributed by atoms with Crippen LogP contribution in [-0.4, -0.2) is 40.4 Å². The van der Waals surface area contributed by atoms with Crippen molar-refractivity contribution >= 4 is 0 Å². The van der Waals surface area contributed by atoms with Crippen molar-refractivity contribution in [3.63, 3.8) is 0 Å². The molecule has 2 N–H and O–H groups in total. The van der Waals surface area contributed by atoms with Crippen molar-refractivity contribution in [3.8, 4) is 0 Å². The molecule has 80 valence electrons. The SMILES string of the molecule is C/C=C/[C@H]1O[C@](C)(O)C[C@@]2(CO2)[C@@H]1O. The molecule has 0 aromatic heterocycles. The van der Waals surface area contributed by atoms with Crippen LogP contribution in [0.5, 0.6) is 0 Å². The Balaban J connectivity index is 2.18. The van der Waals surface area contributed by atoms with Crippen LogP contribution >= 0.6 is 0 Å². The van der Waals surface area contributed by atoms with E-state index in [1.807, 2.05) is 6.92 Å². The van der Waals surface area contributed by atoms with Crippen LogP contribution in [0, 0.1) is 0 Å². The lowest BCUT2D eigenvalue weighted by Gasteiger charge is -2.40. The molecule has 4 nitrogen and oxygen atoms in total. The zero-order valence-electron chi connectivity index (χ0n) is 8.43. The Morgan fingerprint density at radius 2 is 2.14 bits per heavy atom. The monoisotopic (exact) mass is 200 g/mol. The van der Waals surface area contributed by atoms with E-state index in [0.29, 0.717) is 13.0 Å². The number of aliphatic hydroxyl groups is 2. The van der Waals surface area contributed by atoms with Crippen LogP contribution in [-0.2, 0) is 9.47 Å². The van der Waals surface area contributed by atoms with E-state index >= 15 is 0 Å². The third-order valence-corrected chi connectivity index (χ3v) is 2.76. The molecule has 0 unspecified atom stereocenters. The average molecular weight is 200 g/mol. The molecule has 0 aromatic rings. The van der Waals surface area contributed by atoms with Gasteiger partial charge in [-0.3, -0.25) is 0 Å². The fourth-order valence-corrected chi connectivity index (χ4v) is 2.06. The highest BCUT2D eigenvalue weighted by atomic mass is 16.7. The predicted molar refractivity (Wildman–Crippen MR) is 49.6 cm³/mol. The lowest BCUT2D eigenvalue weighted by Crippen LogP contribution is -2.54. The molecule has 0 saturated carbocycles. The van der Waals surface area contributed by atoms with E-state index in [9.17, 15) is 10.2 Å². The number of hydrogen-bond donors (Lipinski definition) is 2. The molecule has 4 heteroatoms. The molecule has 2 saturated heterocycles. The second kappa shape index (κ2) is 3.03. The van der Waals surface area contributed by atoms with Gasteiger partial charge in [-0.15, -0.1) is 0 Å². The lowest BCUT2D eigenvalue weighted by atomic mass is 9.87. The maximum Gasteiger partial charge on any atom is 0.166 e. The van der Waals surface area contributed by atoms with Crippen LogP contribution < -0.4 is 0 Å². The number of hydrogen-bond acceptors (Lipinski definition) is 4. The van der Waals surface area contributed by atoms with Gasteiger partial charge in [0.2, 0.25) is 0 Å². The number of rotatable bonds is 1. The first-order valence-corrected chi connectivity index (χ1v) is 4.84. The van der Waals surface area contributed by atoms with E-state index in [0.717, 1.165) is 0 Å². The van der Waals surface area contributed by atoms with Gasteiger partial charge in [0.25, 0.3) is 0 Å². The molecular weight excluding hydrogens is 184 g/mol. The van der Waals surface area contributed by atoms with Crippen molar-refractivity contribution < 1.29 is 19.7 Å². The zero-order valence-corrected chi connectivity index (χ0v) is 8.43. The molecule has 0 radical (unpaired) electrons. The number of ether oxygens (including phenoxy) is 2. The predicted octanol–water partition coefficient (Wildman–Crippen LogP) is 0.190. The number of epoxide rings is 1. The Hall–Kier alpha value is -0.420. The Labute approximate surface area is 83.1 Å². The van der Waals surface area contributed by atoms with Gasteiger partial charge in [-0.2, -0.15) is 0 Å². The maximum atomic E-state index is 9.91. The first-order valence-electron chi connectivity index (χ1n) is 4.84. The normalized spacial score (nSPS) is 52.9. The Morgan fingerprint density at radius 3 is 2.64 bits per heavy atom. The second-order valence-electron chi connectivity index (χ2n) is 4.26. The molecule has 0 bridgehead atoms. The Kier molecular flexibility index (Phi) is 2.19. The topological polar surface area (TPSA) is 62.2 Å². The van der Waals surface area contributed by atoms with E-state index in [1.165, 1.54) is 0 Å². The van der Waals surface area contributed by atoms with E-state index in [-0.39, 0.29) is 0 Å². The van der Waals surface area contributed by atoms with Crippen LogP contribution in [0.2, 0.25) is 0 Å². The summed E-state index contributed by atoms with van der Waals surface area (Å²) in [7, 11) is 0. The summed E-state index contributed by atoms with van der Waals surface area (Å²) in [6, 6.07) is 0. The van der Waals surface area contributed by atoms with E-state index in [2.05, 4.69) is 0 Å². The molecular formula is C10H16O4. The smallest absolute Gasteiger partial charge is 0.166 e. The average Bonchev–Trinajstić information content (AvgIpc) is 2.80. The second-order valence-corrected chi connectivity index (χ2v) is 4.26. The van der Waals surface area contributed by atoms with Crippen molar-refractivity contribution in [2.75, 3.05) is 6.61 Å². The summed E-state index contributed by atoms with van der Waals surface area (Å²) in [6.45, 7) is 3.94. The van der Waals surface area contributed by atoms with E-state index in [1.54, 1.807) is 19.1 Å². The highest BCUT2D eigenvalue weighted by molar-refractivity contribution is 5.11. The maximum absolute atomic E-state index is 9.91. The minimum atomic E-state index is -1.21. The van der Waals surface area contributed by atoms with Gasteiger partial charge in [-0.05, 0) is 13.8 Å². The van der Waals surface area contributed by atoms with Gasteiger partial charge in [0.05, 0.1) is 6.61 Å². The van der Waals surface area contributed by atoms with Crippen LogP contribution in [0.15, 0.2) is 12.2 Å². The molecule has 2 heterocycles. The molecule has 0 amide bonds. The van der Waals surface area contributed by atoms with E-state index < -0.39 is 23.6 Å². The summed E-state index contributed by atoms with van der Waals surface area (Å²) in [4.78, 5) is 0. The summed E-state index contributed by atoms with van der Waals surface area (Å²) in [5.41, 5.74) is -0.577. The Bertz CT molecular complexity index is 255. The minimum absolute atomic E-state index is 0.329. The van der Waals surface area contributed by atoms with Gasteiger partial charge in [0.15, 0.2) is 5.79 Å². The summed E-state index contributed by atoms with van der Waals surface area (Å²) in [5, 5.41) is 19.7. The van der Waals surface area contributed by atoms with Crippen LogP contribution in [0.25, 0.3) is 0 Å². The van der Waals surface area contributed by atoms with Gasteiger partial charge in [0.1, 0.15) is 17.8 Å².